The molecule has 0 radical (unpaired) electrons. The molecule has 0 amide bonds. The van der Waals surface area contributed by atoms with Gasteiger partial charge in [-0.2, -0.15) is 0 Å². The minimum absolute atomic E-state index is 0.0205. The molecular formula is C17H25NO2. The Morgan fingerprint density at radius 3 is 2.95 bits per heavy atom. The average molecular weight is 275 g/mol. The highest BCUT2D eigenvalue weighted by Gasteiger charge is 2.30. The maximum Gasteiger partial charge on any atom is 0.315 e. The molecule has 0 saturated heterocycles. The molecule has 110 valence electrons. The first-order valence-corrected chi connectivity index (χ1v) is 7.75. The van der Waals surface area contributed by atoms with E-state index in [1.54, 1.807) is 0 Å². The van der Waals surface area contributed by atoms with Crippen molar-refractivity contribution in [3.8, 4) is 0 Å². The van der Waals surface area contributed by atoms with Gasteiger partial charge in [0, 0.05) is 12.2 Å². The van der Waals surface area contributed by atoms with Gasteiger partial charge in [0.15, 0.2) is 0 Å². The lowest BCUT2D eigenvalue weighted by atomic mass is 10.0. The fraction of sp³-hybridized carbons (Fsp3) is 0.588. The zero-order chi connectivity index (χ0) is 14.4. The number of hydrogen-bond acceptors (Lipinski definition) is 3. The summed E-state index contributed by atoms with van der Waals surface area (Å²) in [6.45, 7) is 4.85. The lowest BCUT2D eigenvalue weighted by molar-refractivity contribution is -0.149. The highest BCUT2D eigenvalue weighted by molar-refractivity contribution is 5.83. The van der Waals surface area contributed by atoms with E-state index in [0.29, 0.717) is 6.54 Å². The van der Waals surface area contributed by atoms with Gasteiger partial charge in [-0.3, -0.25) is 4.79 Å². The number of benzene rings is 1. The predicted molar refractivity (Wildman–Crippen MR) is 82.0 cm³/mol. The fourth-order valence-corrected chi connectivity index (χ4v) is 2.69. The number of carbonyl (C=O) groups is 1. The Bertz CT molecular complexity index is 444. The Hall–Kier alpha value is -1.51. The number of hydrogen-bond donors (Lipinski definition) is 1. The molecule has 1 aromatic rings. The molecule has 2 rings (SSSR count). The largest absolute Gasteiger partial charge is 0.462 e. The Labute approximate surface area is 121 Å². The molecule has 0 bridgehead atoms. The van der Waals surface area contributed by atoms with Crippen LogP contribution in [0, 0.1) is 0 Å². The smallest absolute Gasteiger partial charge is 0.315 e. The summed E-state index contributed by atoms with van der Waals surface area (Å²) in [5.41, 5.74) is 2.13. The highest BCUT2D eigenvalue weighted by atomic mass is 16.5. The van der Waals surface area contributed by atoms with Crippen molar-refractivity contribution in [2.75, 3.05) is 11.9 Å². The Morgan fingerprint density at radius 2 is 2.15 bits per heavy atom. The minimum Gasteiger partial charge on any atom is -0.462 e. The lowest BCUT2D eigenvalue weighted by Gasteiger charge is -2.16. The summed E-state index contributed by atoms with van der Waals surface area (Å²) in [4.78, 5) is 12.2. The number of unbranched alkanes of at least 4 members (excludes halogenated alkanes) is 3. The number of esters is 1. The molecule has 2 atom stereocenters. The zero-order valence-electron chi connectivity index (χ0n) is 12.5. The SMILES string of the molecule is CCCCCCC(C)OC(=O)C1CNc2ccccc21. The van der Waals surface area contributed by atoms with Crippen molar-refractivity contribution < 1.29 is 9.53 Å². The van der Waals surface area contributed by atoms with Crippen molar-refractivity contribution >= 4 is 11.7 Å². The van der Waals surface area contributed by atoms with Crippen molar-refractivity contribution in [1.29, 1.82) is 0 Å². The number of carbonyl (C=O) groups excluding carboxylic acids is 1. The van der Waals surface area contributed by atoms with E-state index in [9.17, 15) is 4.79 Å². The first kappa shape index (κ1) is 14.9. The van der Waals surface area contributed by atoms with Gasteiger partial charge in [-0.1, -0.05) is 44.4 Å². The van der Waals surface area contributed by atoms with Crippen molar-refractivity contribution in [2.45, 2.75) is 58.0 Å². The average Bonchev–Trinajstić information content (AvgIpc) is 2.87. The standard InChI is InChI=1S/C17H25NO2/c1-3-4-5-6-9-13(2)20-17(19)15-12-18-16-11-8-7-10-14(15)16/h7-8,10-11,13,15,18H,3-6,9,12H2,1-2H3. The van der Waals surface area contributed by atoms with Crippen molar-refractivity contribution in [3.05, 3.63) is 29.8 Å². The van der Waals surface area contributed by atoms with Gasteiger partial charge in [0.2, 0.25) is 0 Å². The third-order valence-corrected chi connectivity index (χ3v) is 3.90. The Kier molecular flexibility index (Phi) is 5.45. The molecule has 3 nitrogen and oxygen atoms in total. The highest BCUT2D eigenvalue weighted by Crippen LogP contribution is 2.32. The van der Waals surface area contributed by atoms with E-state index in [2.05, 4.69) is 12.2 Å². The van der Waals surface area contributed by atoms with Gasteiger partial charge in [-0.15, -0.1) is 0 Å². The summed E-state index contributed by atoms with van der Waals surface area (Å²) < 4.78 is 5.59. The van der Waals surface area contributed by atoms with Crippen molar-refractivity contribution in [1.82, 2.24) is 0 Å². The first-order chi connectivity index (χ1) is 9.72. The number of anilines is 1. The Morgan fingerprint density at radius 1 is 1.35 bits per heavy atom. The van der Waals surface area contributed by atoms with Gasteiger partial charge in [-0.05, 0) is 31.4 Å². The molecule has 0 spiro atoms. The van der Waals surface area contributed by atoms with Crippen LogP contribution in [0.3, 0.4) is 0 Å². The second-order valence-corrected chi connectivity index (χ2v) is 5.62. The molecule has 1 aliphatic heterocycles. The van der Waals surface area contributed by atoms with E-state index >= 15 is 0 Å². The van der Waals surface area contributed by atoms with Gasteiger partial charge in [0.05, 0.1) is 6.10 Å². The van der Waals surface area contributed by atoms with Crippen LogP contribution in [0.1, 0.15) is 57.4 Å². The lowest BCUT2D eigenvalue weighted by Crippen LogP contribution is -2.22. The van der Waals surface area contributed by atoms with Crippen LogP contribution in [-0.2, 0) is 9.53 Å². The third-order valence-electron chi connectivity index (χ3n) is 3.90. The molecule has 1 N–H and O–H groups in total. The minimum atomic E-state index is -0.149. The first-order valence-electron chi connectivity index (χ1n) is 7.75. The molecule has 1 heterocycles. The second kappa shape index (κ2) is 7.32. The number of fused-ring (bicyclic) bond motifs is 1. The van der Waals surface area contributed by atoms with Crippen LogP contribution < -0.4 is 5.32 Å². The summed E-state index contributed by atoms with van der Waals surface area (Å²) >= 11 is 0. The number of ether oxygens (including phenoxy) is 1. The quantitative estimate of drug-likeness (QED) is 0.601. The van der Waals surface area contributed by atoms with E-state index in [1.165, 1.54) is 19.3 Å². The predicted octanol–water partition coefficient (Wildman–Crippen LogP) is 4.10. The van der Waals surface area contributed by atoms with Gasteiger partial charge in [-0.25, -0.2) is 0 Å². The van der Waals surface area contributed by atoms with Gasteiger partial charge < -0.3 is 10.1 Å². The summed E-state index contributed by atoms with van der Waals surface area (Å²) in [5.74, 6) is -0.241. The van der Waals surface area contributed by atoms with E-state index in [1.807, 2.05) is 31.2 Å². The summed E-state index contributed by atoms with van der Waals surface area (Å²) in [6.07, 6.45) is 5.85. The van der Waals surface area contributed by atoms with E-state index < -0.39 is 0 Å². The summed E-state index contributed by atoms with van der Waals surface area (Å²) in [6, 6.07) is 7.97. The molecule has 3 heteroatoms. The zero-order valence-corrected chi connectivity index (χ0v) is 12.5. The monoisotopic (exact) mass is 275 g/mol. The molecule has 0 aliphatic carbocycles. The molecular weight excluding hydrogens is 250 g/mol. The van der Waals surface area contributed by atoms with E-state index in [0.717, 1.165) is 24.1 Å². The normalized spacial score (nSPS) is 18.2. The van der Waals surface area contributed by atoms with Crippen molar-refractivity contribution in [2.24, 2.45) is 0 Å². The van der Waals surface area contributed by atoms with Gasteiger partial charge >= 0.3 is 5.97 Å². The second-order valence-electron chi connectivity index (χ2n) is 5.62. The molecule has 0 aromatic heterocycles. The topological polar surface area (TPSA) is 38.3 Å². The van der Waals surface area contributed by atoms with Crippen LogP contribution in [0.4, 0.5) is 5.69 Å². The molecule has 0 fully saturated rings. The maximum absolute atomic E-state index is 12.2. The number of rotatable bonds is 7. The van der Waals surface area contributed by atoms with Gasteiger partial charge in [0.1, 0.15) is 5.92 Å². The summed E-state index contributed by atoms with van der Waals surface area (Å²) in [7, 11) is 0. The van der Waals surface area contributed by atoms with Crippen LogP contribution in [0.25, 0.3) is 0 Å². The van der Waals surface area contributed by atoms with E-state index in [-0.39, 0.29) is 18.0 Å². The van der Waals surface area contributed by atoms with E-state index in [4.69, 9.17) is 4.74 Å². The number of para-hydroxylation sites is 1. The third kappa shape index (κ3) is 3.75. The van der Waals surface area contributed by atoms with Crippen LogP contribution in [-0.4, -0.2) is 18.6 Å². The molecule has 2 unspecified atom stereocenters. The maximum atomic E-state index is 12.2. The van der Waals surface area contributed by atoms with Crippen LogP contribution in [0.15, 0.2) is 24.3 Å². The van der Waals surface area contributed by atoms with Crippen molar-refractivity contribution in [3.63, 3.8) is 0 Å². The summed E-state index contributed by atoms with van der Waals surface area (Å²) in [5, 5.41) is 3.26. The van der Waals surface area contributed by atoms with Crippen LogP contribution in [0.2, 0.25) is 0 Å². The van der Waals surface area contributed by atoms with Crippen LogP contribution >= 0.6 is 0 Å². The molecule has 20 heavy (non-hydrogen) atoms. The molecule has 1 aliphatic rings. The fourth-order valence-electron chi connectivity index (χ4n) is 2.69. The molecule has 1 aromatic carbocycles. The molecule has 0 saturated carbocycles. The number of nitrogens with one attached hydrogen (secondary N) is 1. The van der Waals surface area contributed by atoms with Gasteiger partial charge in [0.25, 0.3) is 0 Å². The Balaban J connectivity index is 1.81. The van der Waals surface area contributed by atoms with Crippen LogP contribution in [0.5, 0.6) is 0 Å².